The highest BCUT2D eigenvalue weighted by molar-refractivity contribution is 5.62. The van der Waals surface area contributed by atoms with Gasteiger partial charge in [-0.05, 0) is 24.6 Å². The first-order valence-corrected chi connectivity index (χ1v) is 10.1. The summed E-state index contributed by atoms with van der Waals surface area (Å²) in [4.78, 5) is 14.0. The summed E-state index contributed by atoms with van der Waals surface area (Å²) in [5.74, 6) is 2.94. The number of benzene rings is 1. The van der Waals surface area contributed by atoms with Crippen LogP contribution in [0.15, 0.2) is 30.6 Å². The van der Waals surface area contributed by atoms with E-state index in [1.54, 1.807) is 6.33 Å². The van der Waals surface area contributed by atoms with Crippen LogP contribution in [0.2, 0.25) is 0 Å². The Hall–Kier alpha value is -2.38. The standard InChI is InChI=1S/C21H28N4O3/c1-2-28-18-5-3-17(4-6-18)15-19-20(24-7-11-26-12-8-24)22-16-23-21(19)25-9-13-27-14-10-25/h3-6,16H,2,7-15H2,1H3. The molecule has 28 heavy (non-hydrogen) atoms. The van der Waals surface area contributed by atoms with E-state index in [0.29, 0.717) is 6.61 Å². The van der Waals surface area contributed by atoms with Crippen LogP contribution in [-0.4, -0.2) is 69.2 Å². The fraction of sp³-hybridized carbons (Fsp3) is 0.524. The van der Waals surface area contributed by atoms with Gasteiger partial charge in [-0.15, -0.1) is 0 Å². The van der Waals surface area contributed by atoms with E-state index in [-0.39, 0.29) is 0 Å². The summed E-state index contributed by atoms with van der Waals surface area (Å²) in [7, 11) is 0. The van der Waals surface area contributed by atoms with Crippen molar-refractivity contribution in [3.63, 3.8) is 0 Å². The monoisotopic (exact) mass is 384 g/mol. The van der Waals surface area contributed by atoms with Crippen LogP contribution in [-0.2, 0) is 15.9 Å². The predicted molar refractivity (Wildman–Crippen MR) is 109 cm³/mol. The molecule has 1 aromatic heterocycles. The molecule has 0 unspecified atom stereocenters. The molecule has 0 radical (unpaired) electrons. The van der Waals surface area contributed by atoms with Crippen molar-refractivity contribution >= 4 is 11.6 Å². The maximum absolute atomic E-state index is 5.58. The molecule has 0 saturated carbocycles. The van der Waals surface area contributed by atoms with Gasteiger partial charge in [-0.3, -0.25) is 0 Å². The zero-order valence-corrected chi connectivity index (χ0v) is 16.5. The van der Waals surface area contributed by atoms with Crippen LogP contribution in [0.4, 0.5) is 11.6 Å². The van der Waals surface area contributed by atoms with E-state index in [4.69, 9.17) is 14.2 Å². The number of morpholine rings is 2. The van der Waals surface area contributed by atoms with Gasteiger partial charge in [-0.25, -0.2) is 9.97 Å². The number of hydrogen-bond acceptors (Lipinski definition) is 7. The lowest BCUT2D eigenvalue weighted by Crippen LogP contribution is -2.40. The molecule has 0 N–H and O–H groups in total. The Morgan fingerprint density at radius 3 is 1.89 bits per heavy atom. The Morgan fingerprint density at radius 2 is 1.39 bits per heavy atom. The van der Waals surface area contributed by atoms with Gasteiger partial charge >= 0.3 is 0 Å². The summed E-state index contributed by atoms with van der Waals surface area (Å²) < 4.78 is 16.7. The van der Waals surface area contributed by atoms with Gasteiger partial charge in [-0.2, -0.15) is 0 Å². The Kier molecular flexibility index (Phi) is 6.24. The van der Waals surface area contributed by atoms with Crippen molar-refractivity contribution in [3.8, 4) is 5.75 Å². The first-order chi connectivity index (χ1) is 13.8. The molecule has 150 valence electrons. The van der Waals surface area contributed by atoms with Crippen molar-refractivity contribution in [2.24, 2.45) is 0 Å². The molecule has 3 heterocycles. The third kappa shape index (κ3) is 4.36. The normalized spacial score (nSPS) is 17.6. The largest absolute Gasteiger partial charge is 0.494 e. The molecular formula is C21H28N4O3. The summed E-state index contributed by atoms with van der Waals surface area (Å²) in [6, 6.07) is 8.32. The van der Waals surface area contributed by atoms with Crippen LogP contribution in [0.1, 0.15) is 18.1 Å². The van der Waals surface area contributed by atoms with E-state index in [0.717, 1.165) is 76.4 Å². The van der Waals surface area contributed by atoms with Crippen LogP contribution in [0, 0.1) is 0 Å². The molecule has 7 heteroatoms. The minimum absolute atomic E-state index is 0.675. The summed E-state index contributed by atoms with van der Waals surface area (Å²) >= 11 is 0. The van der Waals surface area contributed by atoms with Crippen molar-refractivity contribution in [2.45, 2.75) is 13.3 Å². The number of nitrogens with zero attached hydrogens (tertiary/aromatic N) is 4. The fourth-order valence-corrected chi connectivity index (χ4v) is 3.72. The molecule has 0 spiro atoms. The third-order valence-electron chi connectivity index (χ3n) is 5.14. The fourth-order valence-electron chi connectivity index (χ4n) is 3.72. The SMILES string of the molecule is CCOc1ccc(Cc2c(N3CCOCC3)ncnc2N2CCOCC2)cc1. The van der Waals surface area contributed by atoms with Crippen LogP contribution in [0.25, 0.3) is 0 Å². The van der Waals surface area contributed by atoms with Crippen molar-refractivity contribution in [1.29, 1.82) is 0 Å². The molecule has 0 atom stereocenters. The highest BCUT2D eigenvalue weighted by Crippen LogP contribution is 2.30. The first kappa shape index (κ1) is 19.0. The van der Waals surface area contributed by atoms with Gasteiger partial charge in [0.25, 0.3) is 0 Å². The lowest BCUT2D eigenvalue weighted by Gasteiger charge is -2.33. The quantitative estimate of drug-likeness (QED) is 0.756. The van der Waals surface area contributed by atoms with Crippen LogP contribution < -0.4 is 14.5 Å². The van der Waals surface area contributed by atoms with E-state index >= 15 is 0 Å². The summed E-state index contributed by atoms with van der Waals surface area (Å²) in [5.41, 5.74) is 2.40. The second-order valence-corrected chi connectivity index (χ2v) is 6.95. The first-order valence-electron chi connectivity index (χ1n) is 10.1. The molecule has 4 rings (SSSR count). The number of rotatable bonds is 6. The Balaban J connectivity index is 1.66. The van der Waals surface area contributed by atoms with E-state index in [9.17, 15) is 0 Å². The Morgan fingerprint density at radius 1 is 0.857 bits per heavy atom. The minimum atomic E-state index is 0.675. The summed E-state index contributed by atoms with van der Waals surface area (Å²) in [6.45, 7) is 9.04. The average molecular weight is 384 g/mol. The lowest BCUT2D eigenvalue weighted by atomic mass is 10.0. The van der Waals surface area contributed by atoms with Gasteiger partial charge in [0.15, 0.2) is 0 Å². The van der Waals surface area contributed by atoms with Crippen molar-refractivity contribution < 1.29 is 14.2 Å². The molecule has 2 aliphatic rings. The number of hydrogen-bond donors (Lipinski definition) is 0. The molecule has 0 bridgehead atoms. The van der Waals surface area contributed by atoms with E-state index in [1.807, 2.05) is 19.1 Å². The van der Waals surface area contributed by atoms with Gasteiger partial charge < -0.3 is 24.0 Å². The third-order valence-corrected chi connectivity index (χ3v) is 5.14. The molecule has 2 fully saturated rings. The predicted octanol–water partition coefficient (Wildman–Crippen LogP) is 2.14. The van der Waals surface area contributed by atoms with Crippen LogP contribution in [0.5, 0.6) is 5.75 Å². The molecule has 2 aliphatic heterocycles. The molecular weight excluding hydrogens is 356 g/mol. The smallest absolute Gasteiger partial charge is 0.137 e. The average Bonchev–Trinajstić information content (AvgIpc) is 2.77. The summed E-state index contributed by atoms with van der Waals surface area (Å²) in [6.07, 6.45) is 2.48. The maximum atomic E-state index is 5.58. The molecule has 2 saturated heterocycles. The Bertz CT molecular complexity index is 720. The number of anilines is 2. The van der Waals surface area contributed by atoms with Crippen molar-refractivity contribution in [2.75, 3.05) is 69.0 Å². The van der Waals surface area contributed by atoms with Crippen LogP contribution in [0.3, 0.4) is 0 Å². The number of ether oxygens (including phenoxy) is 3. The van der Waals surface area contributed by atoms with Gasteiger partial charge in [0, 0.05) is 38.2 Å². The van der Waals surface area contributed by atoms with Crippen molar-refractivity contribution in [1.82, 2.24) is 9.97 Å². The molecule has 1 aromatic carbocycles. The van der Waals surface area contributed by atoms with Gasteiger partial charge in [0.05, 0.1) is 33.0 Å². The summed E-state index contributed by atoms with van der Waals surface area (Å²) in [5, 5.41) is 0. The van der Waals surface area contributed by atoms with Crippen molar-refractivity contribution in [3.05, 3.63) is 41.7 Å². The second kappa shape index (κ2) is 9.21. The Labute approximate surface area is 166 Å². The van der Waals surface area contributed by atoms with E-state index in [1.165, 1.54) is 11.1 Å². The number of aromatic nitrogens is 2. The molecule has 0 aliphatic carbocycles. The minimum Gasteiger partial charge on any atom is -0.494 e. The topological polar surface area (TPSA) is 60.0 Å². The maximum Gasteiger partial charge on any atom is 0.137 e. The van der Waals surface area contributed by atoms with Gasteiger partial charge in [0.1, 0.15) is 23.7 Å². The zero-order chi connectivity index (χ0) is 19.2. The van der Waals surface area contributed by atoms with Crippen LogP contribution >= 0.6 is 0 Å². The highest BCUT2D eigenvalue weighted by atomic mass is 16.5. The van der Waals surface area contributed by atoms with Gasteiger partial charge in [0.2, 0.25) is 0 Å². The second-order valence-electron chi connectivity index (χ2n) is 6.95. The molecule has 2 aromatic rings. The molecule has 0 amide bonds. The van der Waals surface area contributed by atoms with E-state index < -0.39 is 0 Å². The van der Waals surface area contributed by atoms with Gasteiger partial charge in [-0.1, -0.05) is 12.1 Å². The zero-order valence-electron chi connectivity index (χ0n) is 16.5. The highest BCUT2D eigenvalue weighted by Gasteiger charge is 2.23. The molecule has 7 nitrogen and oxygen atoms in total. The lowest BCUT2D eigenvalue weighted by molar-refractivity contribution is 0.121. The van der Waals surface area contributed by atoms with E-state index in [2.05, 4.69) is 31.9 Å².